The van der Waals surface area contributed by atoms with Crippen molar-refractivity contribution in [3.63, 3.8) is 0 Å². The first kappa shape index (κ1) is 19.8. The van der Waals surface area contributed by atoms with Gasteiger partial charge in [0.05, 0.1) is 12.3 Å². The second-order valence-corrected chi connectivity index (χ2v) is 8.00. The van der Waals surface area contributed by atoms with Crippen LogP contribution < -0.4 is 10.6 Å². The standard InChI is InChI=1S/C23H20FN3O2S/c1-14-15(2)30-23(27-22(28)18-10-7-13-29-18)20(14)21(16-8-3-4-9-17(16)24)26-19-11-5-6-12-25-19/h3-13,21H,1-2H3,(H,25,26)(H,27,28)/t21-/m1/s1. The monoisotopic (exact) mass is 421 g/mol. The molecule has 0 radical (unpaired) electrons. The Labute approximate surface area is 177 Å². The van der Waals surface area contributed by atoms with Crippen molar-refractivity contribution in [2.45, 2.75) is 19.9 Å². The van der Waals surface area contributed by atoms with E-state index in [0.29, 0.717) is 16.4 Å². The Morgan fingerprint density at radius 3 is 2.60 bits per heavy atom. The highest BCUT2D eigenvalue weighted by Gasteiger charge is 2.27. The molecule has 3 aromatic heterocycles. The van der Waals surface area contributed by atoms with Gasteiger partial charge in [0.25, 0.3) is 5.91 Å². The van der Waals surface area contributed by atoms with Crippen molar-refractivity contribution < 1.29 is 13.6 Å². The Kier molecular flexibility index (Phi) is 5.63. The molecule has 4 rings (SSSR count). The Balaban J connectivity index is 1.80. The summed E-state index contributed by atoms with van der Waals surface area (Å²) in [6, 6.07) is 14.8. The fraction of sp³-hybridized carbons (Fsp3) is 0.130. The summed E-state index contributed by atoms with van der Waals surface area (Å²) < 4.78 is 20.0. The van der Waals surface area contributed by atoms with Crippen molar-refractivity contribution >= 4 is 28.1 Å². The molecule has 30 heavy (non-hydrogen) atoms. The van der Waals surface area contributed by atoms with E-state index in [1.165, 1.54) is 23.7 Å². The lowest BCUT2D eigenvalue weighted by atomic mass is 9.96. The highest BCUT2D eigenvalue weighted by Crippen LogP contribution is 2.41. The number of halogens is 1. The molecular weight excluding hydrogens is 401 g/mol. The van der Waals surface area contributed by atoms with Crippen LogP contribution in [0, 0.1) is 19.7 Å². The fourth-order valence-electron chi connectivity index (χ4n) is 3.27. The lowest BCUT2D eigenvalue weighted by Gasteiger charge is -2.22. The minimum absolute atomic E-state index is 0.213. The van der Waals surface area contributed by atoms with Crippen molar-refractivity contribution in [3.8, 4) is 0 Å². The van der Waals surface area contributed by atoms with E-state index >= 15 is 0 Å². The first-order valence-electron chi connectivity index (χ1n) is 9.41. The molecule has 152 valence electrons. The molecule has 0 spiro atoms. The number of hydrogen-bond donors (Lipinski definition) is 2. The van der Waals surface area contributed by atoms with E-state index in [1.54, 1.807) is 36.5 Å². The van der Waals surface area contributed by atoms with Crippen molar-refractivity contribution in [1.29, 1.82) is 0 Å². The minimum Gasteiger partial charge on any atom is -0.459 e. The number of thiophene rings is 1. The van der Waals surface area contributed by atoms with Crippen molar-refractivity contribution in [1.82, 2.24) is 4.98 Å². The first-order valence-corrected chi connectivity index (χ1v) is 10.2. The Bertz CT molecular complexity index is 1160. The molecule has 5 nitrogen and oxygen atoms in total. The summed E-state index contributed by atoms with van der Waals surface area (Å²) in [5.41, 5.74) is 2.25. The second kappa shape index (κ2) is 8.51. The van der Waals surface area contributed by atoms with Crippen LogP contribution in [0.2, 0.25) is 0 Å². The molecule has 0 saturated heterocycles. The van der Waals surface area contributed by atoms with E-state index in [0.717, 1.165) is 16.0 Å². The number of amides is 1. The van der Waals surface area contributed by atoms with Gasteiger partial charge in [-0.1, -0.05) is 24.3 Å². The van der Waals surface area contributed by atoms with Crippen LogP contribution in [0.3, 0.4) is 0 Å². The van der Waals surface area contributed by atoms with Gasteiger partial charge in [0.1, 0.15) is 16.6 Å². The molecule has 0 aliphatic rings. The Hall–Kier alpha value is -3.45. The van der Waals surface area contributed by atoms with Crippen LogP contribution in [0.15, 0.2) is 71.5 Å². The fourth-order valence-corrected chi connectivity index (χ4v) is 4.36. The maximum Gasteiger partial charge on any atom is 0.291 e. The number of aryl methyl sites for hydroxylation is 1. The molecule has 1 amide bonds. The summed E-state index contributed by atoms with van der Waals surface area (Å²) in [7, 11) is 0. The van der Waals surface area contributed by atoms with E-state index in [2.05, 4.69) is 15.6 Å². The molecule has 0 saturated carbocycles. The number of benzene rings is 1. The average Bonchev–Trinajstić information content (AvgIpc) is 3.37. The Morgan fingerprint density at radius 1 is 1.10 bits per heavy atom. The van der Waals surface area contributed by atoms with Gasteiger partial charge < -0.3 is 15.1 Å². The first-order chi connectivity index (χ1) is 14.5. The van der Waals surface area contributed by atoms with Crippen LogP contribution in [-0.2, 0) is 0 Å². The van der Waals surface area contributed by atoms with E-state index < -0.39 is 6.04 Å². The van der Waals surface area contributed by atoms with E-state index in [-0.39, 0.29) is 17.5 Å². The third-order valence-electron chi connectivity index (χ3n) is 4.87. The maximum absolute atomic E-state index is 14.8. The molecule has 0 aliphatic heterocycles. The van der Waals surface area contributed by atoms with Gasteiger partial charge in [-0.05, 0) is 49.7 Å². The highest BCUT2D eigenvalue weighted by molar-refractivity contribution is 7.16. The number of aromatic nitrogens is 1. The lowest BCUT2D eigenvalue weighted by Crippen LogP contribution is -2.18. The van der Waals surface area contributed by atoms with Crippen molar-refractivity contribution in [2.75, 3.05) is 10.6 Å². The molecule has 3 heterocycles. The number of furan rings is 1. The third-order valence-corrected chi connectivity index (χ3v) is 6.00. The summed E-state index contributed by atoms with van der Waals surface area (Å²) in [4.78, 5) is 18.0. The second-order valence-electron chi connectivity index (χ2n) is 6.77. The van der Waals surface area contributed by atoms with Gasteiger partial charge in [-0.15, -0.1) is 11.3 Å². The smallest absolute Gasteiger partial charge is 0.291 e. The number of carbonyl (C=O) groups excluding carboxylic acids is 1. The lowest BCUT2D eigenvalue weighted by molar-refractivity contribution is 0.0997. The molecule has 0 bridgehead atoms. The van der Waals surface area contributed by atoms with Gasteiger partial charge in [0.2, 0.25) is 0 Å². The average molecular weight is 421 g/mol. The zero-order valence-corrected chi connectivity index (χ0v) is 17.3. The topological polar surface area (TPSA) is 67.2 Å². The van der Waals surface area contributed by atoms with Gasteiger partial charge in [0, 0.05) is 22.2 Å². The van der Waals surface area contributed by atoms with E-state index in [4.69, 9.17) is 4.42 Å². The van der Waals surface area contributed by atoms with Crippen LogP contribution in [0.4, 0.5) is 15.2 Å². The molecule has 0 aliphatic carbocycles. The maximum atomic E-state index is 14.8. The van der Waals surface area contributed by atoms with Crippen LogP contribution >= 0.6 is 11.3 Å². The van der Waals surface area contributed by atoms with Gasteiger partial charge in [0.15, 0.2) is 5.76 Å². The molecule has 7 heteroatoms. The number of carbonyl (C=O) groups is 1. The summed E-state index contributed by atoms with van der Waals surface area (Å²) >= 11 is 1.45. The number of hydrogen-bond acceptors (Lipinski definition) is 5. The number of pyridine rings is 1. The number of rotatable bonds is 6. The molecule has 1 aromatic carbocycles. The molecular formula is C23H20FN3O2S. The van der Waals surface area contributed by atoms with Gasteiger partial charge in [-0.3, -0.25) is 4.79 Å². The predicted molar refractivity (Wildman–Crippen MR) is 117 cm³/mol. The van der Waals surface area contributed by atoms with Gasteiger partial charge in [-0.2, -0.15) is 0 Å². The third kappa shape index (κ3) is 3.97. The predicted octanol–water partition coefficient (Wildman–Crippen LogP) is 5.95. The molecule has 2 N–H and O–H groups in total. The SMILES string of the molecule is Cc1sc(NC(=O)c2ccco2)c([C@H](Nc2ccccn2)c2ccccc2F)c1C. The molecule has 0 unspecified atom stereocenters. The van der Waals surface area contributed by atoms with E-state index in [9.17, 15) is 9.18 Å². The van der Waals surface area contributed by atoms with Gasteiger partial charge in [-0.25, -0.2) is 9.37 Å². The summed E-state index contributed by atoms with van der Waals surface area (Å²) in [5.74, 6) is 0.132. The number of nitrogens with zero attached hydrogens (tertiary/aromatic N) is 1. The number of anilines is 2. The van der Waals surface area contributed by atoms with Crippen LogP contribution in [0.5, 0.6) is 0 Å². The quantitative estimate of drug-likeness (QED) is 0.404. The molecule has 0 fully saturated rings. The normalized spacial score (nSPS) is 11.8. The summed E-state index contributed by atoms with van der Waals surface area (Å²) in [6.45, 7) is 3.95. The number of nitrogens with one attached hydrogen (secondary N) is 2. The zero-order chi connectivity index (χ0) is 21.1. The molecule has 4 aromatic rings. The Morgan fingerprint density at radius 2 is 1.90 bits per heavy atom. The van der Waals surface area contributed by atoms with Crippen molar-refractivity contribution in [3.05, 3.63) is 100 Å². The highest BCUT2D eigenvalue weighted by atomic mass is 32.1. The minimum atomic E-state index is -0.544. The van der Waals surface area contributed by atoms with Crippen LogP contribution in [-0.4, -0.2) is 10.9 Å². The van der Waals surface area contributed by atoms with Crippen molar-refractivity contribution in [2.24, 2.45) is 0 Å². The zero-order valence-electron chi connectivity index (χ0n) is 16.5. The van der Waals surface area contributed by atoms with Crippen LogP contribution in [0.1, 0.15) is 38.2 Å². The largest absolute Gasteiger partial charge is 0.459 e. The molecule has 1 atom stereocenters. The van der Waals surface area contributed by atoms with E-state index in [1.807, 2.05) is 32.0 Å². The summed E-state index contributed by atoms with van der Waals surface area (Å²) in [6.07, 6.45) is 3.12. The van der Waals surface area contributed by atoms with Gasteiger partial charge >= 0.3 is 0 Å². The van der Waals surface area contributed by atoms with Crippen LogP contribution in [0.25, 0.3) is 0 Å². The summed E-state index contributed by atoms with van der Waals surface area (Å²) in [5, 5.41) is 6.91.